The van der Waals surface area contributed by atoms with Crippen LogP contribution in [0, 0.1) is 18.3 Å². The molecule has 9 heteroatoms. The van der Waals surface area contributed by atoms with Gasteiger partial charge in [0.2, 0.25) is 5.91 Å². The predicted octanol–water partition coefficient (Wildman–Crippen LogP) is 1.87. The summed E-state index contributed by atoms with van der Waals surface area (Å²) >= 11 is 0. The van der Waals surface area contributed by atoms with Gasteiger partial charge in [-0.05, 0) is 61.9 Å². The van der Waals surface area contributed by atoms with Crippen LogP contribution in [0.15, 0.2) is 48.0 Å². The molecule has 0 saturated heterocycles. The smallest absolute Gasteiger partial charge is 0.426 e. The lowest BCUT2D eigenvalue weighted by atomic mass is 9.76. The molecule has 8 nitrogen and oxygen atoms in total. The number of carbonyl (C=O) groups excluding carboxylic acids is 2. The van der Waals surface area contributed by atoms with Gasteiger partial charge in [0, 0.05) is 26.2 Å². The molecule has 0 spiro atoms. The van der Waals surface area contributed by atoms with Gasteiger partial charge in [-0.15, -0.1) is 0 Å². The number of likely N-dealkylation sites (N-methyl/N-ethyl adjacent to an activating group) is 1. The fourth-order valence-electron chi connectivity index (χ4n) is 4.51. The number of rotatable bonds is 10. The number of fused-ring (bicyclic) bond motifs is 1. The molecule has 2 aromatic carbocycles. The second-order valence-electron chi connectivity index (χ2n) is 9.41. The molecule has 37 heavy (non-hydrogen) atoms. The molecular weight excluding hydrogens is 467 g/mol. The minimum Gasteiger partial charge on any atom is -0.426 e. The van der Waals surface area contributed by atoms with E-state index < -0.39 is 13.1 Å². The molecule has 0 fully saturated rings. The van der Waals surface area contributed by atoms with Crippen molar-refractivity contribution in [3.05, 3.63) is 75.9 Å². The van der Waals surface area contributed by atoms with Crippen molar-refractivity contribution in [1.82, 2.24) is 15.1 Å². The van der Waals surface area contributed by atoms with Crippen LogP contribution in [-0.4, -0.2) is 70.9 Å². The van der Waals surface area contributed by atoms with Crippen LogP contribution in [0.25, 0.3) is 6.08 Å². The van der Waals surface area contributed by atoms with Gasteiger partial charge in [0.15, 0.2) is 0 Å². The summed E-state index contributed by atoms with van der Waals surface area (Å²) in [6, 6.07) is 15.6. The van der Waals surface area contributed by atoms with Crippen molar-refractivity contribution in [3.8, 4) is 6.07 Å². The van der Waals surface area contributed by atoms with Crippen LogP contribution in [0.5, 0.6) is 0 Å². The zero-order chi connectivity index (χ0) is 26.9. The Morgan fingerprint density at radius 1 is 1.16 bits per heavy atom. The molecule has 194 valence electrons. The van der Waals surface area contributed by atoms with Crippen molar-refractivity contribution in [2.45, 2.75) is 46.1 Å². The quantitative estimate of drug-likeness (QED) is 0.260. The van der Waals surface area contributed by atoms with Crippen LogP contribution in [-0.2, 0) is 29.0 Å². The summed E-state index contributed by atoms with van der Waals surface area (Å²) in [6.07, 6.45) is 2.70. The number of nitrogens with zero attached hydrogens (tertiary/aromatic N) is 3. The van der Waals surface area contributed by atoms with E-state index in [1.807, 2.05) is 74.2 Å². The molecule has 0 aromatic heterocycles. The number of hydrogen-bond donors (Lipinski definition) is 3. The number of amides is 2. The third kappa shape index (κ3) is 7.77. The molecule has 1 unspecified atom stereocenters. The van der Waals surface area contributed by atoms with E-state index in [0.29, 0.717) is 32.6 Å². The van der Waals surface area contributed by atoms with Gasteiger partial charge < -0.3 is 20.3 Å². The van der Waals surface area contributed by atoms with E-state index >= 15 is 0 Å². The summed E-state index contributed by atoms with van der Waals surface area (Å²) in [6.45, 7) is 8.18. The van der Waals surface area contributed by atoms with E-state index in [-0.39, 0.29) is 23.9 Å². The van der Waals surface area contributed by atoms with Crippen LogP contribution < -0.4 is 5.32 Å². The predicted molar refractivity (Wildman–Crippen MR) is 144 cm³/mol. The van der Waals surface area contributed by atoms with Crippen molar-refractivity contribution in [1.29, 1.82) is 5.26 Å². The summed E-state index contributed by atoms with van der Waals surface area (Å²) in [5.41, 5.74) is 5.09. The maximum atomic E-state index is 12.8. The first kappa shape index (κ1) is 28.1. The number of nitrogens with one attached hydrogen (secondary N) is 1. The summed E-state index contributed by atoms with van der Waals surface area (Å²) in [4.78, 5) is 29.0. The molecule has 1 heterocycles. The summed E-state index contributed by atoms with van der Waals surface area (Å²) in [5, 5.41) is 31.9. The Morgan fingerprint density at radius 2 is 1.86 bits per heavy atom. The molecule has 0 radical (unpaired) electrons. The van der Waals surface area contributed by atoms with Crippen LogP contribution in [0.3, 0.4) is 0 Å². The Balaban J connectivity index is 1.65. The Hall–Kier alpha value is -3.45. The molecule has 0 aliphatic carbocycles. The average molecular weight is 502 g/mol. The monoisotopic (exact) mass is 502 g/mol. The van der Waals surface area contributed by atoms with Crippen LogP contribution in [0.4, 0.5) is 0 Å². The maximum Gasteiger partial charge on any atom is 0.475 e. The van der Waals surface area contributed by atoms with Crippen LogP contribution in [0.1, 0.15) is 41.7 Å². The van der Waals surface area contributed by atoms with Crippen molar-refractivity contribution in [2.75, 3.05) is 26.2 Å². The van der Waals surface area contributed by atoms with Crippen LogP contribution in [0.2, 0.25) is 0 Å². The van der Waals surface area contributed by atoms with Gasteiger partial charge >= 0.3 is 7.12 Å². The highest BCUT2D eigenvalue weighted by atomic mass is 16.4. The number of benzene rings is 2. The second kappa shape index (κ2) is 13.2. The van der Waals surface area contributed by atoms with E-state index in [2.05, 4.69) is 5.32 Å². The van der Waals surface area contributed by atoms with Gasteiger partial charge in [-0.25, -0.2) is 0 Å². The third-order valence-electron chi connectivity index (χ3n) is 6.68. The van der Waals surface area contributed by atoms with E-state index in [0.717, 1.165) is 28.7 Å². The molecule has 2 amide bonds. The van der Waals surface area contributed by atoms with Crippen molar-refractivity contribution < 1.29 is 19.6 Å². The van der Waals surface area contributed by atoms with Crippen molar-refractivity contribution in [2.24, 2.45) is 0 Å². The molecule has 1 aliphatic rings. The number of aryl methyl sites for hydroxylation is 1. The Bertz CT molecular complexity index is 1170. The van der Waals surface area contributed by atoms with Crippen LogP contribution >= 0.6 is 0 Å². The standard InChI is InChI=1S/C28H35BN4O4/c1-4-33(5-2)28(35)24(17-30)14-22-10-11-23-12-13-32(18-25(23)15-22)19-27(34)31-26(29(36)37)16-21-8-6-20(3)7-9-21/h6-11,14-15,26,36-37H,4-5,12-13,16,18-19H2,1-3H3,(H,31,34)/b24-14+. The number of hydrogen-bond acceptors (Lipinski definition) is 6. The topological polar surface area (TPSA) is 117 Å². The lowest BCUT2D eigenvalue weighted by molar-refractivity contribution is -0.126. The first-order valence-electron chi connectivity index (χ1n) is 12.7. The zero-order valence-electron chi connectivity index (χ0n) is 21.8. The van der Waals surface area contributed by atoms with Gasteiger partial charge in [-0.1, -0.05) is 48.0 Å². The Labute approximate surface area is 219 Å². The van der Waals surface area contributed by atoms with E-state index in [1.54, 1.807) is 11.0 Å². The molecule has 1 aliphatic heterocycles. The summed E-state index contributed by atoms with van der Waals surface area (Å²) in [5.74, 6) is -1.37. The fraction of sp³-hybridized carbons (Fsp3) is 0.393. The Kier molecular flexibility index (Phi) is 10.0. The Morgan fingerprint density at radius 3 is 2.49 bits per heavy atom. The van der Waals surface area contributed by atoms with E-state index in [1.165, 1.54) is 5.56 Å². The minimum absolute atomic E-state index is 0.0953. The van der Waals surface area contributed by atoms with Gasteiger partial charge in [-0.3, -0.25) is 14.5 Å². The first-order valence-corrected chi connectivity index (χ1v) is 12.7. The molecule has 3 N–H and O–H groups in total. The van der Waals surface area contributed by atoms with Crippen molar-refractivity contribution in [3.63, 3.8) is 0 Å². The molecule has 0 bridgehead atoms. The molecular formula is C28H35BN4O4. The zero-order valence-corrected chi connectivity index (χ0v) is 21.8. The summed E-state index contributed by atoms with van der Waals surface area (Å²) in [7, 11) is -1.67. The number of nitriles is 1. The molecule has 3 rings (SSSR count). The second-order valence-corrected chi connectivity index (χ2v) is 9.41. The number of carbonyl (C=O) groups is 2. The molecule has 2 aromatic rings. The van der Waals surface area contributed by atoms with Crippen molar-refractivity contribution >= 4 is 25.0 Å². The van der Waals surface area contributed by atoms with Gasteiger partial charge in [0.1, 0.15) is 11.6 Å². The normalized spacial score (nSPS) is 14.3. The lowest BCUT2D eigenvalue weighted by Crippen LogP contribution is -2.51. The van der Waals surface area contributed by atoms with Gasteiger partial charge in [0.05, 0.1) is 12.5 Å². The summed E-state index contributed by atoms with van der Waals surface area (Å²) < 4.78 is 0. The highest BCUT2D eigenvalue weighted by Gasteiger charge is 2.27. The van der Waals surface area contributed by atoms with E-state index in [4.69, 9.17) is 0 Å². The highest BCUT2D eigenvalue weighted by molar-refractivity contribution is 6.43. The SMILES string of the molecule is CCN(CC)C(=O)/C(C#N)=C/c1ccc2c(c1)CN(CC(=O)NC(Cc1ccc(C)cc1)B(O)O)CC2. The van der Waals surface area contributed by atoms with E-state index in [9.17, 15) is 24.9 Å². The lowest BCUT2D eigenvalue weighted by Gasteiger charge is -2.29. The highest BCUT2D eigenvalue weighted by Crippen LogP contribution is 2.22. The minimum atomic E-state index is -1.67. The maximum absolute atomic E-state index is 12.8. The fourth-order valence-corrected chi connectivity index (χ4v) is 4.51. The van der Waals surface area contributed by atoms with Gasteiger partial charge in [-0.2, -0.15) is 5.26 Å². The average Bonchev–Trinajstić information content (AvgIpc) is 2.88. The first-order chi connectivity index (χ1) is 17.7. The molecule has 1 atom stereocenters. The van der Waals surface area contributed by atoms with Gasteiger partial charge in [0.25, 0.3) is 5.91 Å². The largest absolute Gasteiger partial charge is 0.475 e. The third-order valence-corrected chi connectivity index (χ3v) is 6.68. The molecule has 0 saturated carbocycles.